The van der Waals surface area contributed by atoms with Gasteiger partial charge in [0.05, 0.1) is 12.0 Å². The number of nitrogens with zero attached hydrogens (tertiary/aromatic N) is 4. The summed E-state index contributed by atoms with van der Waals surface area (Å²) in [6, 6.07) is -0.676. The molecular formula is C23H39N5O3. The highest BCUT2D eigenvalue weighted by Crippen LogP contribution is 2.32. The first-order valence-electron chi connectivity index (χ1n) is 11.5. The molecule has 2 fully saturated rings. The van der Waals surface area contributed by atoms with Crippen molar-refractivity contribution in [3.8, 4) is 0 Å². The van der Waals surface area contributed by atoms with Gasteiger partial charge in [-0.05, 0) is 78.4 Å². The lowest BCUT2D eigenvalue weighted by Crippen LogP contribution is -2.53. The van der Waals surface area contributed by atoms with E-state index in [0.29, 0.717) is 12.3 Å². The minimum absolute atomic E-state index is 0.0432. The van der Waals surface area contributed by atoms with E-state index in [9.17, 15) is 9.59 Å². The molecule has 2 aliphatic heterocycles. The number of hydrogen-bond donors (Lipinski definition) is 1. The predicted molar refractivity (Wildman–Crippen MR) is 120 cm³/mol. The zero-order valence-corrected chi connectivity index (χ0v) is 19.8. The molecule has 8 heteroatoms. The molecule has 0 spiro atoms. The number of aromatic nitrogens is 2. The van der Waals surface area contributed by atoms with Gasteiger partial charge in [0.1, 0.15) is 11.6 Å². The van der Waals surface area contributed by atoms with Crippen LogP contribution in [-0.2, 0) is 23.0 Å². The second kappa shape index (κ2) is 10.0. The number of hydrogen-bond acceptors (Lipinski definition) is 5. The van der Waals surface area contributed by atoms with Gasteiger partial charge in [0.15, 0.2) is 0 Å². The summed E-state index contributed by atoms with van der Waals surface area (Å²) in [5.74, 6) is 1.43. The number of carbonyl (C=O) groups is 2. The van der Waals surface area contributed by atoms with E-state index in [1.165, 1.54) is 25.9 Å². The van der Waals surface area contributed by atoms with Gasteiger partial charge < -0.3 is 24.4 Å². The zero-order valence-electron chi connectivity index (χ0n) is 19.8. The Kier molecular flexibility index (Phi) is 7.62. The van der Waals surface area contributed by atoms with Crippen molar-refractivity contribution in [3.05, 3.63) is 18.2 Å². The third kappa shape index (κ3) is 6.95. The lowest BCUT2D eigenvalue weighted by Gasteiger charge is -2.40. The fraction of sp³-hybridized carbons (Fsp3) is 0.783. The van der Waals surface area contributed by atoms with Crippen molar-refractivity contribution in [2.24, 2.45) is 18.9 Å². The lowest BCUT2D eigenvalue weighted by molar-refractivity contribution is -0.135. The van der Waals surface area contributed by atoms with Gasteiger partial charge in [0, 0.05) is 32.8 Å². The second-order valence-corrected chi connectivity index (χ2v) is 10.2. The van der Waals surface area contributed by atoms with Crippen LogP contribution in [0.15, 0.2) is 12.5 Å². The Balaban J connectivity index is 1.60. The summed E-state index contributed by atoms with van der Waals surface area (Å²) in [7, 11) is 4.08. The molecule has 3 heterocycles. The van der Waals surface area contributed by atoms with Crippen LogP contribution in [0.4, 0.5) is 4.79 Å². The number of rotatable bonds is 5. The van der Waals surface area contributed by atoms with Crippen LogP contribution in [0.1, 0.15) is 52.1 Å². The maximum absolute atomic E-state index is 13.4. The third-order valence-corrected chi connectivity index (χ3v) is 6.44. The molecule has 174 valence electrons. The van der Waals surface area contributed by atoms with Crippen LogP contribution < -0.4 is 5.32 Å². The molecule has 3 rings (SSSR count). The molecule has 2 amide bonds. The molecular weight excluding hydrogens is 394 g/mol. The van der Waals surface area contributed by atoms with Crippen LogP contribution in [0, 0.1) is 11.8 Å². The minimum Gasteiger partial charge on any atom is -0.444 e. The van der Waals surface area contributed by atoms with Crippen LogP contribution in [0.2, 0.25) is 0 Å². The van der Waals surface area contributed by atoms with E-state index < -0.39 is 17.7 Å². The quantitative estimate of drug-likeness (QED) is 0.772. The number of ether oxygens (including phenoxy) is 1. The van der Waals surface area contributed by atoms with Crippen LogP contribution >= 0.6 is 0 Å². The number of likely N-dealkylation sites (tertiary alicyclic amines) is 2. The normalized spacial score (nSPS) is 20.5. The molecule has 0 aromatic carbocycles. The molecule has 2 aliphatic rings. The van der Waals surface area contributed by atoms with Crippen molar-refractivity contribution in [1.82, 2.24) is 24.7 Å². The Morgan fingerprint density at radius 2 is 1.68 bits per heavy atom. The molecule has 1 aromatic rings. The Bertz CT molecular complexity index is 741. The van der Waals surface area contributed by atoms with Gasteiger partial charge in [0.2, 0.25) is 5.91 Å². The highest BCUT2D eigenvalue weighted by molar-refractivity contribution is 5.86. The van der Waals surface area contributed by atoms with Gasteiger partial charge in [-0.15, -0.1) is 0 Å². The first kappa shape index (κ1) is 23.6. The van der Waals surface area contributed by atoms with Gasteiger partial charge in [-0.3, -0.25) is 4.79 Å². The van der Waals surface area contributed by atoms with Crippen LogP contribution in [0.5, 0.6) is 0 Å². The Morgan fingerprint density at radius 3 is 2.19 bits per heavy atom. The predicted octanol–water partition coefficient (Wildman–Crippen LogP) is 2.44. The number of piperidine rings is 2. The van der Waals surface area contributed by atoms with Gasteiger partial charge in [-0.1, -0.05) is 0 Å². The van der Waals surface area contributed by atoms with Crippen molar-refractivity contribution >= 4 is 12.0 Å². The van der Waals surface area contributed by atoms with Crippen LogP contribution in [0.3, 0.4) is 0 Å². The van der Waals surface area contributed by atoms with E-state index in [1.54, 1.807) is 6.33 Å². The number of imidazole rings is 1. The summed E-state index contributed by atoms with van der Waals surface area (Å²) < 4.78 is 7.25. The van der Waals surface area contributed by atoms with Crippen molar-refractivity contribution in [1.29, 1.82) is 0 Å². The summed E-state index contributed by atoms with van der Waals surface area (Å²) in [5.41, 5.74) is 0.160. The summed E-state index contributed by atoms with van der Waals surface area (Å²) in [5, 5.41) is 2.80. The average Bonchev–Trinajstić information content (AvgIpc) is 3.11. The molecule has 0 unspecified atom stereocenters. The maximum atomic E-state index is 13.4. The average molecular weight is 434 g/mol. The third-order valence-electron chi connectivity index (χ3n) is 6.44. The molecule has 31 heavy (non-hydrogen) atoms. The fourth-order valence-corrected chi connectivity index (χ4v) is 4.74. The van der Waals surface area contributed by atoms with Gasteiger partial charge >= 0.3 is 6.09 Å². The van der Waals surface area contributed by atoms with E-state index in [4.69, 9.17) is 4.74 Å². The first-order chi connectivity index (χ1) is 14.6. The van der Waals surface area contributed by atoms with E-state index in [-0.39, 0.29) is 5.91 Å². The van der Waals surface area contributed by atoms with Crippen LogP contribution in [-0.4, -0.2) is 76.2 Å². The largest absolute Gasteiger partial charge is 0.444 e. The first-order valence-corrected chi connectivity index (χ1v) is 11.5. The topological polar surface area (TPSA) is 79.7 Å². The Hall–Kier alpha value is -2.09. The van der Waals surface area contributed by atoms with Crippen molar-refractivity contribution in [2.75, 3.05) is 33.2 Å². The second-order valence-electron chi connectivity index (χ2n) is 10.2. The number of aryl methyl sites for hydroxylation is 1. The molecule has 1 aromatic heterocycles. The minimum atomic E-state index is -0.676. The molecule has 0 bridgehead atoms. The van der Waals surface area contributed by atoms with Gasteiger partial charge in [-0.25, -0.2) is 9.78 Å². The Morgan fingerprint density at radius 1 is 1.10 bits per heavy atom. The summed E-state index contributed by atoms with van der Waals surface area (Å²) >= 11 is 0. The van der Waals surface area contributed by atoms with Crippen molar-refractivity contribution in [3.63, 3.8) is 0 Å². The Labute approximate surface area is 186 Å². The molecule has 0 saturated carbocycles. The van der Waals surface area contributed by atoms with E-state index in [2.05, 4.69) is 22.2 Å². The standard InChI is InChI=1S/C23H39N5O3/c1-23(2,3)31-22(30)25-20(14-19-15-27(5)16-24-19)21(29)28-12-8-18(9-13-28)17-6-10-26(4)11-7-17/h15-18,20H,6-14H2,1-5H3,(H,25,30)/t20-/m0/s1. The van der Waals surface area contributed by atoms with E-state index in [0.717, 1.165) is 37.5 Å². The van der Waals surface area contributed by atoms with E-state index >= 15 is 0 Å². The lowest BCUT2D eigenvalue weighted by atomic mass is 9.79. The molecule has 0 aliphatic carbocycles. The van der Waals surface area contributed by atoms with Crippen molar-refractivity contribution in [2.45, 2.75) is 64.5 Å². The fourth-order valence-electron chi connectivity index (χ4n) is 4.74. The number of carbonyl (C=O) groups excluding carboxylic acids is 2. The monoisotopic (exact) mass is 433 g/mol. The smallest absolute Gasteiger partial charge is 0.408 e. The molecule has 1 atom stereocenters. The number of nitrogens with one attached hydrogen (secondary N) is 1. The maximum Gasteiger partial charge on any atom is 0.408 e. The van der Waals surface area contributed by atoms with Crippen LogP contribution in [0.25, 0.3) is 0 Å². The summed E-state index contributed by atoms with van der Waals surface area (Å²) in [6.07, 6.45) is 7.98. The van der Waals surface area contributed by atoms with Crippen molar-refractivity contribution < 1.29 is 14.3 Å². The zero-order chi connectivity index (χ0) is 22.6. The number of amides is 2. The van der Waals surface area contributed by atoms with E-state index in [1.807, 2.05) is 43.5 Å². The van der Waals surface area contributed by atoms with Gasteiger partial charge in [0.25, 0.3) is 0 Å². The molecule has 1 N–H and O–H groups in total. The SMILES string of the molecule is CN1CCC(C2CCN(C(=O)[C@H](Cc3cn(C)cn3)NC(=O)OC(C)(C)C)CC2)CC1. The molecule has 2 saturated heterocycles. The molecule has 0 radical (unpaired) electrons. The summed E-state index contributed by atoms with van der Waals surface area (Å²) in [6.45, 7) is 9.31. The van der Waals surface area contributed by atoms with Gasteiger partial charge in [-0.2, -0.15) is 0 Å². The molecule has 8 nitrogen and oxygen atoms in total. The number of alkyl carbamates (subject to hydrolysis) is 1. The summed E-state index contributed by atoms with van der Waals surface area (Å²) in [4.78, 5) is 34.4. The highest BCUT2D eigenvalue weighted by Gasteiger charge is 2.34. The highest BCUT2D eigenvalue weighted by atomic mass is 16.6.